The lowest BCUT2D eigenvalue weighted by Gasteiger charge is -2.22. The Morgan fingerprint density at radius 2 is 1.88 bits per heavy atom. The van der Waals surface area contributed by atoms with Crippen molar-refractivity contribution in [2.24, 2.45) is 0 Å². The minimum atomic E-state index is -4.81. The molecule has 0 N–H and O–H groups in total. The average molecular weight is 358 g/mol. The lowest BCUT2D eigenvalue weighted by Crippen LogP contribution is -2.32. The van der Waals surface area contributed by atoms with Crippen molar-refractivity contribution in [2.45, 2.75) is 24.0 Å². The van der Waals surface area contributed by atoms with Crippen molar-refractivity contribution in [3.05, 3.63) is 54.0 Å². The lowest BCUT2D eigenvalue weighted by molar-refractivity contribution is -0.139. The molecule has 0 spiro atoms. The Labute approximate surface area is 137 Å². The van der Waals surface area contributed by atoms with Gasteiger partial charge in [0, 0.05) is 13.0 Å². The highest BCUT2D eigenvalue weighted by Crippen LogP contribution is 2.35. The molecular formula is C15H13F3N2O3S. The van der Waals surface area contributed by atoms with Gasteiger partial charge in [-0.1, -0.05) is 12.1 Å². The van der Waals surface area contributed by atoms with Crippen LogP contribution in [0.25, 0.3) is 0 Å². The highest BCUT2D eigenvalue weighted by Gasteiger charge is 2.38. The van der Waals surface area contributed by atoms with E-state index >= 15 is 0 Å². The van der Waals surface area contributed by atoms with Crippen LogP contribution in [0.4, 0.5) is 13.2 Å². The summed E-state index contributed by atoms with van der Waals surface area (Å²) in [7, 11) is -4.46. The molecule has 0 fully saturated rings. The van der Waals surface area contributed by atoms with Gasteiger partial charge in [-0.05, 0) is 24.3 Å². The number of alkyl halides is 3. The second-order valence-corrected chi connectivity index (χ2v) is 6.73. The molecule has 5 nitrogen and oxygen atoms in total. The van der Waals surface area contributed by atoms with E-state index in [4.69, 9.17) is 9.68 Å². The Kier molecular flexibility index (Phi) is 5.31. The van der Waals surface area contributed by atoms with Gasteiger partial charge in [0.15, 0.2) is 0 Å². The molecule has 2 rings (SSSR count). The number of hydrogen-bond acceptors (Lipinski definition) is 4. The largest absolute Gasteiger partial charge is 0.468 e. The lowest BCUT2D eigenvalue weighted by atomic mass is 10.2. The van der Waals surface area contributed by atoms with Crippen molar-refractivity contribution >= 4 is 10.0 Å². The van der Waals surface area contributed by atoms with E-state index in [9.17, 15) is 21.6 Å². The number of nitriles is 1. The van der Waals surface area contributed by atoms with E-state index in [2.05, 4.69) is 0 Å². The van der Waals surface area contributed by atoms with Crippen molar-refractivity contribution in [3.63, 3.8) is 0 Å². The number of sulfonamides is 1. The van der Waals surface area contributed by atoms with Crippen LogP contribution < -0.4 is 0 Å². The van der Waals surface area contributed by atoms with Crippen LogP contribution in [-0.4, -0.2) is 19.3 Å². The molecule has 24 heavy (non-hydrogen) atoms. The maximum atomic E-state index is 13.1. The van der Waals surface area contributed by atoms with Crippen molar-refractivity contribution in [1.82, 2.24) is 4.31 Å². The molecule has 0 atom stereocenters. The van der Waals surface area contributed by atoms with Crippen LogP contribution in [0.3, 0.4) is 0 Å². The Balaban J connectivity index is 2.47. The molecule has 0 aliphatic heterocycles. The second-order valence-electron chi connectivity index (χ2n) is 4.82. The maximum absolute atomic E-state index is 13.1. The minimum Gasteiger partial charge on any atom is -0.468 e. The van der Waals surface area contributed by atoms with Gasteiger partial charge in [-0.3, -0.25) is 0 Å². The van der Waals surface area contributed by atoms with Crippen molar-refractivity contribution in [3.8, 4) is 6.07 Å². The molecule has 0 aliphatic rings. The van der Waals surface area contributed by atoms with Gasteiger partial charge in [-0.2, -0.15) is 22.7 Å². The van der Waals surface area contributed by atoms with Gasteiger partial charge in [-0.15, -0.1) is 0 Å². The average Bonchev–Trinajstić information content (AvgIpc) is 3.03. The molecule has 0 saturated heterocycles. The van der Waals surface area contributed by atoms with Crippen LogP contribution in [0.2, 0.25) is 0 Å². The first-order valence-corrected chi connectivity index (χ1v) is 8.26. The van der Waals surface area contributed by atoms with E-state index in [1.165, 1.54) is 24.5 Å². The fourth-order valence-corrected chi connectivity index (χ4v) is 3.72. The van der Waals surface area contributed by atoms with Crippen LogP contribution in [0.1, 0.15) is 17.7 Å². The molecule has 0 radical (unpaired) electrons. The third kappa shape index (κ3) is 3.96. The van der Waals surface area contributed by atoms with E-state index in [1.807, 2.05) is 0 Å². The first-order chi connectivity index (χ1) is 11.3. The number of benzene rings is 1. The fourth-order valence-electron chi connectivity index (χ4n) is 2.10. The summed E-state index contributed by atoms with van der Waals surface area (Å²) in [6.45, 7) is -0.505. The highest BCUT2D eigenvalue weighted by molar-refractivity contribution is 7.89. The fraction of sp³-hybridized carbons (Fsp3) is 0.267. The monoisotopic (exact) mass is 358 g/mol. The van der Waals surface area contributed by atoms with Crippen LogP contribution in [0.5, 0.6) is 0 Å². The summed E-state index contributed by atoms with van der Waals surface area (Å²) in [5, 5.41) is 8.69. The summed E-state index contributed by atoms with van der Waals surface area (Å²) in [6.07, 6.45) is -3.64. The van der Waals surface area contributed by atoms with E-state index < -0.39 is 26.7 Å². The Hall–Kier alpha value is -2.31. The molecule has 0 amide bonds. The summed E-state index contributed by atoms with van der Waals surface area (Å²) >= 11 is 0. The van der Waals surface area contributed by atoms with Gasteiger partial charge in [0.2, 0.25) is 10.0 Å². The smallest absolute Gasteiger partial charge is 0.417 e. The van der Waals surface area contributed by atoms with E-state index in [0.717, 1.165) is 16.4 Å². The summed E-state index contributed by atoms with van der Waals surface area (Å²) in [5.74, 6) is 0.265. The zero-order valence-corrected chi connectivity index (χ0v) is 13.1. The zero-order chi connectivity index (χ0) is 17.8. The van der Waals surface area contributed by atoms with Crippen LogP contribution >= 0.6 is 0 Å². The molecule has 0 saturated carbocycles. The first-order valence-electron chi connectivity index (χ1n) is 6.82. The van der Waals surface area contributed by atoms with Gasteiger partial charge in [0.25, 0.3) is 0 Å². The third-order valence-electron chi connectivity index (χ3n) is 3.20. The SMILES string of the molecule is N#CCCN(Cc1ccco1)S(=O)(=O)c1ccccc1C(F)(F)F. The van der Waals surface area contributed by atoms with E-state index in [0.29, 0.717) is 6.07 Å². The number of furan rings is 1. The standard InChI is InChI=1S/C15H13F3N2O3S/c16-15(17,18)13-6-1-2-7-14(13)24(21,22)20(9-4-8-19)11-12-5-3-10-23-12/h1-3,5-7,10H,4,9,11H2. The summed E-state index contributed by atoms with van der Waals surface area (Å²) < 4.78 is 70.6. The normalized spacial score (nSPS) is 12.3. The van der Waals surface area contributed by atoms with Crippen molar-refractivity contribution < 1.29 is 26.0 Å². The van der Waals surface area contributed by atoms with E-state index in [1.54, 1.807) is 6.07 Å². The van der Waals surface area contributed by atoms with Gasteiger partial charge >= 0.3 is 6.18 Å². The molecule has 1 aromatic carbocycles. The molecule has 2 aromatic rings. The van der Waals surface area contributed by atoms with Crippen LogP contribution in [0.15, 0.2) is 52.0 Å². The van der Waals surface area contributed by atoms with Crippen LogP contribution in [0, 0.1) is 11.3 Å². The van der Waals surface area contributed by atoms with Gasteiger partial charge < -0.3 is 4.42 Å². The third-order valence-corrected chi connectivity index (χ3v) is 5.10. The number of rotatable bonds is 6. The molecule has 128 valence electrons. The molecule has 0 aliphatic carbocycles. The predicted molar refractivity (Wildman–Crippen MR) is 78.0 cm³/mol. The zero-order valence-electron chi connectivity index (χ0n) is 12.3. The van der Waals surface area contributed by atoms with E-state index in [-0.39, 0.29) is 25.3 Å². The minimum absolute atomic E-state index is 0.159. The van der Waals surface area contributed by atoms with Gasteiger partial charge in [-0.25, -0.2) is 8.42 Å². The van der Waals surface area contributed by atoms with Gasteiger partial charge in [0.1, 0.15) is 5.76 Å². The summed E-state index contributed by atoms with van der Waals surface area (Å²) in [6, 6.07) is 8.78. The Bertz CT molecular complexity index is 824. The van der Waals surface area contributed by atoms with Crippen molar-refractivity contribution in [2.75, 3.05) is 6.54 Å². The Morgan fingerprint density at radius 1 is 1.17 bits per heavy atom. The predicted octanol–water partition coefficient (Wildman–Crippen LogP) is 3.40. The first kappa shape index (κ1) is 18.0. The van der Waals surface area contributed by atoms with Crippen molar-refractivity contribution in [1.29, 1.82) is 5.26 Å². The number of halogens is 3. The Morgan fingerprint density at radius 3 is 2.46 bits per heavy atom. The molecule has 1 aromatic heterocycles. The maximum Gasteiger partial charge on any atom is 0.417 e. The molecule has 0 bridgehead atoms. The molecule has 0 unspecified atom stereocenters. The second kappa shape index (κ2) is 7.07. The van der Waals surface area contributed by atoms with Gasteiger partial charge in [0.05, 0.1) is 29.3 Å². The van der Waals surface area contributed by atoms with Crippen LogP contribution in [-0.2, 0) is 22.7 Å². The molecular weight excluding hydrogens is 345 g/mol. The molecule has 9 heteroatoms. The summed E-state index contributed by atoms with van der Waals surface area (Å²) in [4.78, 5) is -0.845. The molecule has 1 heterocycles. The number of hydrogen-bond donors (Lipinski definition) is 0. The quantitative estimate of drug-likeness (QED) is 0.793. The topological polar surface area (TPSA) is 74.3 Å². The highest BCUT2D eigenvalue weighted by atomic mass is 32.2. The summed E-state index contributed by atoms with van der Waals surface area (Å²) in [5.41, 5.74) is -1.24. The number of nitrogens with zero attached hydrogens (tertiary/aromatic N) is 2.